The van der Waals surface area contributed by atoms with Crippen LogP contribution in [0.2, 0.25) is 0 Å². The van der Waals surface area contributed by atoms with Crippen LogP contribution in [-0.4, -0.2) is 26.4 Å². The zero-order valence-corrected chi connectivity index (χ0v) is 13.1. The van der Waals surface area contributed by atoms with E-state index in [0.717, 1.165) is 6.61 Å². The van der Waals surface area contributed by atoms with Crippen molar-refractivity contribution in [3.05, 3.63) is 6.92 Å². The third-order valence-electron chi connectivity index (χ3n) is 3.41. The molecule has 0 rings (SSSR count). The minimum atomic E-state index is 0.543. The molecule has 0 saturated heterocycles. The van der Waals surface area contributed by atoms with Crippen molar-refractivity contribution in [2.45, 2.75) is 77.6 Å². The molecule has 0 fully saturated rings. The Kier molecular flexibility index (Phi) is 17.8. The van der Waals surface area contributed by atoms with E-state index in [1.165, 1.54) is 70.6 Å². The number of ether oxygens (including phenoxy) is 2. The number of rotatable bonds is 16. The second kappa shape index (κ2) is 17.9. The fourth-order valence-corrected chi connectivity index (χ4v) is 2.19. The Morgan fingerprint density at radius 1 is 0.579 bits per heavy atom. The maximum absolute atomic E-state index is 5.47. The van der Waals surface area contributed by atoms with E-state index in [4.69, 9.17) is 9.47 Å². The molecule has 0 amide bonds. The van der Waals surface area contributed by atoms with Gasteiger partial charge < -0.3 is 9.47 Å². The molecule has 0 spiro atoms. The van der Waals surface area contributed by atoms with Gasteiger partial charge in [0.2, 0.25) is 0 Å². The molecule has 2 heteroatoms. The molecule has 19 heavy (non-hydrogen) atoms. The van der Waals surface area contributed by atoms with Crippen molar-refractivity contribution in [1.29, 1.82) is 0 Å². The average molecular weight is 271 g/mol. The van der Waals surface area contributed by atoms with E-state index in [0.29, 0.717) is 19.8 Å². The van der Waals surface area contributed by atoms with Crippen molar-refractivity contribution in [2.75, 3.05) is 26.4 Å². The lowest BCUT2D eigenvalue weighted by molar-refractivity contribution is 0.0561. The van der Waals surface area contributed by atoms with Gasteiger partial charge in [-0.05, 0) is 13.3 Å². The van der Waals surface area contributed by atoms with Crippen LogP contribution in [0.4, 0.5) is 0 Å². The van der Waals surface area contributed by atoms with Crippen LogP contribution in [0.15, 0.2) is 0 Å². The fourth-order valence-electron chi connectivity index (χ4n) is 2.19. The van der Waals surface area contributed by atoms with Gasteiger partial charge in [-0.15, -0.1) is 0 Å². The number of unbranched alkanes of at least 4 members (excludes halogenated alkanes) is 10. The zero-order valence-electron chi connectivity index (χ0n) is 13.1. The summed E-state index contributed by atoms with van der Waals surface area (Å²) in [6, 6.07) is 0. The molecule has 0 aliphatic heterocycles. The van der Waals surface area contributed by atoms with Crippen LogP contribution in [0, 0.1) is 6.92 Å². The molecule has 0 aromatic rings. The molecule has 0 N–H and O–H groups in total. The van der Waals surface area contributed by atoms with E-state index >= 15 is 0 Å². The van der Waals surface area contributed by atoms with Gasteiger partial charge in [0.05, 0.1) is 13.2 Å². The Labute approximate surface area is 121 Å². The summed E-state index contributed by atoms with van der Waals surface area (Å²) in [5.41, 5.74) is 0. The van der Waals surface area contributed by atoms with Gasteiger partial charge in [0.15, 0.2) is 0 Å². The fraction of sp³-hybridized carbons (Fsp3) is 0.941. The number of hydrogen-bond acceptors (Lipinski definition) is 2. The van der Waals surface area contributed by atoms with E-state index in [1.807, 2.05) is 0 Å². The highest BCUT2D eigenvalue weighted by Gasteiger charge is 1.93. The highest BCUT2D eigenvalue weighted by Crippen LogP contribution is 2.11. The van der Waals surface area contributed by atoms with Crippen molar-refractivity contribution < 1.29 is 9.47 Å². The first-order valence-electron chi connectivity index (χ1n) is 8.36. The molecular formula is C17H35O2. The zero-order chi connectivity index (χ0) is 14.0. The molecule has 0 aliphatic rings. The predicted molar refractivity (Wildman–Crippen MR) is 83.5 cm³/mol. The van der Waals surface area contributed by atoms with Crippen molar-refractivity contribution in [3.8, 4) is 0 Å². The van der Waals surface area contributed by atoms with Crippen molar-refractivity contribution in [1.82, 2.24) is 0 Å². The summed E-state index contributed by atoms with van der Waals surface area (Å²) >= 11 is 0. The van der Waals surface area contributed by atoms with E-state index < -0.39 is 0 Å². The van der Waals surface area contributed by atoms with E-state index in [1.54, 1.807) is 0 Å². The molecule has 2 nitrogen and oxygen atoms in total. The number of hydrogen-bond donors (Lipinski definition) is 0. The van der Waals surface area contributed by atoms with Crippen LogP contribution in [0.1, 0.15) is 77.6 Å². The molecule has 0 aliphatic carbocycles. The van der Waals surface area contributed by atoms with Crippen LogP contribution in [0.25, 0.3) is 0 Å². The van der Waals surface area contributed by atoms with Gasteiger partial charge >= 0.3 is 0 Å². The summed E-state index contributed by atoms with van der Waals surface area (Å²) in [6.45, 7) is 8.71. The van der Waals surface area contributed by atoms with Gasteiger partial charge in [-0.3, -0.25) is 0 Å². The minimum absolute atomic E-state index is 0.543. The maximum atomic E-state index is 5.47. The summed E-state index contributed by atoms with van der Waals surface area (Å²) in [5.74, 6) is 0. The molecule has 1 radical (unpaired) electrons. The van der Waals surface area contributed by atoms with Gasteiger partial charge in [-0.2, -0.15) is 0 Å². The standard InChI is InChI=1S/C17H35O2/c1-3-5-6-7-8-9-10-11-12-13-14-15-19-17-16-18-4-2/h2-17H2,1H3. The van der Waals surface area contributed by atoms with Gasteiger partial charge in [0, 0.05) is 13.2 Å². The van der Waals surface area contributed by atoms with Crippen LogP contribution < -0.4 is 0 Å². The largest absolute Gasteiger partial charge is 0.379 e. The monoisotopic (exact) mass is 271 g/mol. The Morgan fingerprint density at radius 2 is 1.05 bits per heavy atom. The van der Waals surface area contributed by atoms with E-state index in [9.17, 15) is 0 Å². The molecular weight excluding hydrogens is 236 g/mol. The Hall–Kier alpha value is -0.0800. The molecule has 115 valence electrons. The molecule has 0 unspecified atom stereocenters. The summed E-state index contributed by atoms with van der Waals surface area (Å²) in [5, 5.41) is 0. The maximum Gasteiger partial charge on any atom is 0.0700 e. The van der Waals surface area contributed by atoms with Crippen LogP contribution in [-0.2, 0) is 9.47 Å². The first-order chi connectivity index (χ1) is 9.41. The van der Waals surface area contributed by atoms with Gasteiger partial charge in [-0.1, -0.05) is 71.1 Å². The Morgan fingerprint density at radius 3 is 1.58 bits per heavy atom. The van der Waals surface area contributed by atoms with E-state index in [-0.39, 0.29) is 0 Å². The molecule has 0 saturated carbocycles. The lowest BCUT2D eigenvalue weighted by Gasteiger charge is -2.04. The quantitative estimate of drug-likeness (QED) is 0.361. The van der Waals surface area contributed by atoms with Crippen molar-refractivity contribution >= 4 is 0 Å². The topological polar surface area (TPSA) is 18.5 Å². The molecule has 0 atom stereocenters. The lowest BCUT2D eigenvalue weighted by Crippen LogP contribution is -2.04. The first-order valence-corrected chi connectivity index (χ1v) is 8.36. The third kappa shape index (κ3) is 17.9. The smallest absolute Gasteiger partial charge is 0.0700 e. The second-order valence-corrected chi connectivity index (χ2v) is 5.26. The van der Waals surface area contributed by atoms with E-state index in [2.05, 4.69) is 13.8 Å². The lowest BCUT2D eigenvalue weighted by atomic mass is 10.1. The second-order valence-electron chi connectivity index (χ2n) is 5.26. The average Bonchev–Trinajstić information content (AvgIpc) is 2.43. The summed E-state index contributed by atoms with van der Waals surface area (Å²) in [7, 11) is 0. The Bertz CT molecular complexity index is 132. The van der Waals surface area contributed by atoms with Crippen LogP contribution >= 0.6 is 0 Å². The highest BCUT2D eigenvalue weighted by molar-refractivity contribution is 4.48. The SMILES string of the molecule is [CH2]COCCOCCCCCCCCCCCCC. The molecule has 0 aromatic heterocycles. The molecule has 0 bridgehead atoms. The third-order valence-corrected chi connectivity index (χ3v) is 3.41. The predicted octanol–water partition coefficient (Wildman–Crippen LogP) is 5.16. The van der Waals surface area contributed by atoms with Gasteiger partial charge in [-0.25, -0.2) is 0 Å². The van der Waals surface area contributed by atoms with Crippen LogP contribution in [0.3, 0.4) is 0 Å². The first kappa shape index (κ1) is 18.9. The normalized spacial score (nSPS) is 11.1. The van der Waals surface area contributed by atoms with Crippen molar-refractivity contribution in [2.24, 2.45) is 0 Å². The molecule has 0 heterocycles. The summed E-state index contributed by atoms with van der Waals surface area (Å²) in [6.07, 6.45) is 15.2. The Balaban J connectivity index is 2.88. The minimum Gasteiger partial charge on any atom is -0.379 e. The van der Waals surface area contributed by atoms with Gasteiger partial charge in [0.25, 0.3) is 0 Å². The summed E-state index contributed by atoms with van der Waals surface area (Å²) in [4.78, 5) is 0. The van der Waals surface area contributed by atoms with Crippen LogP contribution in [0.5, 0.6) is 0 Å². The van der Waals surface area contributed by atoms with Gasteiger partial charge in [0.1, 0.15) is 0 Å². The highest BCUT2D eigenvalue weighted by atomic mass is 16.5. The molecule has 0 aromatic carbocycles. The van der Waals surface area contributed by atoms with Crippen molar-refractivity contribution in [3.63, 3.8) is 0 Å². The summed E-state index contributed by atoms with van der Waals surface area (Å²) < 4.78 is 10.6.